The number of hydrazine groups is 1. The van der Waals surface area contributed by atoms with Crippen molar-refractivity contribution >= 4 is 39.0 Å². The minimum absolute atomic E-state index is 0.312. The van der Waals surface area contributed by atoms with Crippen LogP contribution in [-0.4, -0.2) is 9.97 Å². The molecule has 0 spiro atoms. The highest BCUT2D eigenvalue weighted by Crippen LogP contribution is 2.36. The molecule has 0 aliphatic heterocycles. The summed E-state index contributed by atoms with van der Waals surface area (Å²) in [6.45, 7) is 0. The van der Waals surface area contributed by atoms with Gasteiger partial charge in [-0.25, -0.2) is 10.8 Å². The van der Waals surface area contributed by atoms with Crippen molar-refractivity contribution in [3.63, 3.8) is 0 Å². The summed E-state index contributed by atoms with van der Waals surface area (Å²) in [7, 11) is 0. The van der Waals surface area contributed by atoms with E-state index in [1.165, 1.54) is 23.3 Å². The molecular weight excluding hydrogens is 326 g/mol. The number of rotatable bonds is 3. The van der Waals surface area contributed by atoms with Crippen molar-refractivity contribution in [2.75, 3.05) is 10.7 Å². The molecule has 0 amide bonds. The van der Waals surface area contributed by atoms with Crippen molar-refractivity contribution in [3.8, 4) is 0 Å². The van der Waals surface area contributed by atoms with Crippen LogP contribution in [0.25, 0.3) is 0 Å². The second kappa shape index (κ2) is 5.44. The lowest BCUT2D eigenvalue weighted by Gasteiger charge is -2.24. The smallest absolute Gasteiger partial charge is 0.239 e. The molecule has 3 rings (SSSR count). The molecule has 2 heterocycles. The Morgan fingerprint density at radius 2 is 2.37 bits per heavy atom. The summed E-state index contributed by atoms with van der Waals surface area (Å²) in [5.74, 6) is 6.53. The van der Waals surface area contributed by atoms with Gasteiger partial charge in [0.2, 0.25) is 5.95 Å². The van der Waals surface area contributed by atoms with Crippen LogP contribution in [0.15, 0.2) is 22.1 Å². The van der Waals surface area contributed by atoms with Crippen LogP contribution in [0.3, 0.4) is 0 Å². The largest absolute Gasteiger partial charge is 0.362 e. The number of aryl methyl sites for hydroxylation is 1. The summed E-state index contributed by atoms with van der Waals surface area (Å²) >= 11 is 5.30. The average molecular weight is 340 g/mol. The number of hydrogen-bond donors (Lipinski definition) is 3. The molecule has 2 aromatic heterocycles. The number of anilines is 2. The molecule has 0 bridgehead atoms. The van der Waals surface area contributed by atoms with E-state index in [-0.39, 0.29) is 0 Å². The quantitative estimate of drug-likeness (QED) is 0.591. The fourth-order valence-corrected chi connectivity index (χ4v) is 3.63. The number of nitrogens with two attached hydrogens (primary N) is 1. The number of nitrogens with zero attached hydrogens (tertiary/aromatic N) is 2. The van der Waals surface area contributed by atoms with Crippen molar-refractivity contribution in [2.45, 2.75) is 25.3 Å². The van der Waals surface area contributed by atoms with Gasteiger partial charge >= 0.3 is 0 Å². The first kappa shape index (κ1) is 12.8. The second-order valence-electron chi connectivity index (χ2n) is 4.42. The standard InChI is InChI=1S/C12H14BrN5S/c13-8-6-15-12(18-14)17-11(8)16-9-2-1-3-10-7(9)4-5-19-10/h4-6,9H,1-3,14H2,(H2,15,16,17,18). The molecule has 7 heteroatoms. The Hall–Kier alpha value is -1.18. The van der Waals surface area contributed by atoms with Gasteiger partial charge in [-0.15, -0.1) is 11.3 Å². The lowest BCUT2D eigenvalue weighted by Crippen LogP contribution is -2.18. The Bertz CT molecular complexity index is 585. The van der Waals surface area contributed by atoms with E-state index in [9.17, 15) is 0 Å². The highest BCUT2D eigenvalue weighted by atomic mass is 79.9. The van der Waals surface area contributed by atoms with Crippen molar-refractivity contribution in [2.24, 2.45) is 5.84 Å². The van der Waals surface area contributed by atoms with Gasteiger partial charge in [-0.2, -0.15) is 4.98 Å². The minimum Gasteiger partial charge on any atom is -0.362 e. The highest BCUT2D eigenvalue weighted by Gasteiger charge is 2.22. The van der Waals surface area contributed by atoms with Gasteiger partial charge in [0, 0.05) is 11.1 Å². The molecule has 0 saturated carbocycles. The molecule has 5 nitrogen and oxygen atoms in total. The van der Waals surface area contributed by atoms with E-state index in [1.54, 1.807) is 6.20 Å². The van der Waals surface area contributed by atoms with E-state index < -0.39 is 0 Å². The van der Waals surface area contributed by atoms with Crippen LogP contribution in [0, 0.1) is 0 Å². The van der Waals surface area contributed by atoms with E-state index in [0.29, 0.717) is 12.0 Å². The topological polar surface area (TPSA) is 75.9 Å². The number of aromatic nitrogens is 2. The zero-order valence-electron chi connectivity index (χ0n) is 10.2. The fourth-order valence-electron chi connectivity index (χ4n) is 2.34. The lowest BCUT2D eigenvalue weighted by molar-refractivity contribution is 0.606. The van der Waals surface area contributed by atoms with Gasteiger partial charge in [-0.05, 0) is 52.2 Å². The third kappa shape index (κ3) is 2.58. The van der Waals surface area contributed by atoms with Crippen LogP contribution in [0.4, 0.5) is 11.8 Å². The molecule has 0 radical (unpaired) electrons. The first-order valence-corrected chi connectivity index (χ1v) is 7.77. The van der Waals surface area contributed by atoms with Crippen molar-refractivity contribution in [3.05, 3.63) is 32.6 Å². The maximum Gasteiger partial charge on any atom is 0.239 e. The van der Waals surface area contributed by atoms with Crippen molar-refractivity contribution in [1.82, 2.24) is 9.97 Å². The predicted molar refractivity (Wildman–Crippen MR) is 81.2 cm³/mol. The van der Waals surface area contributed by atoms with E-state index in [1.807, 2.05) is 11.3 Å². The van der Waals surface area contributed by atoms with Crippen LogP contribution in [0.2, 0.25) is 0 Å². The van der Waals surface area contributed by atoms with E-state index in [2.05, 4.69) is 48.1 Å². The number of fused-ring (bicyclic) bond motifs is 1. The van der Waals surface area contributed by atoms with Crippen LogP contribution in [0.1, 0.15) is 29.3 Å². The molecule has 1 aliphatic rings. The normalized spacial score (nSPS) is 17.9. The number of nitrogens with one attached hydrogen (secondary N) is 2. The Labute approximate surface area is 123 Å². The van der Waals surface area contributed by atoms with Crippen molar-refractivity contribution < 1.29 is 0 Å². The summed E-state index contributed by atoms with van der Waals surface area (Å²) in [5.41, 5.74) is 3.86. The number of thiophene rings is 1. The molecule has 2 aromatic rings. The van der Waals surface area contributed by atoms with Crippen LogP contribution >= 0.6 is 27.3 Å². The third-order valence-corrected chi connectivity index (χ3v) is 4.81. The highest BCUT2D eigenvalue weighted by molar-refractivity contribution is 9.10. The summed E-state index contributed by atoms with van der Waals surface area (Å²) in [6.07, 6.45) is 5.20. The Morgan fingerprint density at radius 1 is 1.47 bits per heavy atom. The Kier molecular flexibility index (Phi) is 3.67. The summed E-state index contributed by atoms with van der Waals surface area (Å²) in [5, 5.41) is 5.64. The zero-order valence-corrected chi connectivity index (χ0v) is 12.6. The molecule has 1 aliphatic carbocycles. The van der Waals surface area contributed by atoms with Gasteiger partial charge in [0.1, 0.15) is 5.82 Å². The first-order valence-electron chi connectivity index (χ1n) is 6.10. The molecule has 100 valence electrons. The predicted octanol–water partition coefficient (Wildman–Crippen LogP) is 3.08. The maximum absolute atomic E-state index is 5.35. The molecule has 19 heavy (non-hydrogen) atoms. The van der Waals surface area contributed by atoms with Crippen molar-refractivity contribution in [1.29, 1.82) is 0 Å². The summed E-state index contributed by atoms with van der Waals surface area (Å²) in [6, 6.07) is 2.51. The molecule has 1 unspecified atom stereocenters. The maximum atomic E-state index is 5.35. The van der Waals surface area contributed by atoms with E-state index in [0.717, 1.165) is 16.7 Å². The molecular formula is C12H14BrN5S. The van der Waals surface area contributed by atoms with E-state index in [4.69, 9.17) is 5.84 Å². The SMILES string of the molecule is NNc1ncc(Br)c(NC2CCCc3sccc32)n1. The first-order chi connectivity index (χ1) is 9.28. The number of halogens is 1. The zero-order chi connectivity index (χ0) is 13.2. The van der Waals surface area contributed by atoms with E-state index >= 15 is 0 Å². The average Bonchev–Trinajstić information content (AvgIpc) is 2.90. The Balaban J connectivity index is 1.87. The third-order valence-electron chi connectivity index (χ3n) is 3.24. The van der Waals surface area contributed by atoms with Gasteiger partial charge in [0.15, 0.2) is 0 Å². The van der Waals surface area contributed by atoms with Gasteiger partial charge in [-0.3, -0.25) is 5.43 Å². The molecule has 4 N–H and O–H groups in total. The second-order valence-corrected chi connectivity index (χ2v) is 6.28. The lowest BCUT2D eigenvalue weighted by atomic mass is 9.94. The molecule has 0 aromatic carbocycles. The summed E-state index contributed by atoms with van der Waals surface area (Å²) < 4.78 is 0.842. The Morgan fingerprint density at radius 3 is 3.21 bits per heavy atom. The monoisotopic (exact) mass is 339 g/mol. The molecule has 1 atom stereocenters. The van der Waals surface area contributed by atoms with Gasteiger partial charge < -0.3 is 5.32 Å². The van der Waals surface area contributed by atoms with Gasteiger partial charge in [0.25, 0.3) is 0 Å². The molecule has 0 fully saturated rings. The summed E-state index contributed by atoms with van der Waals surface area (Å²) in [4.78, 5) is 9.87. The fraction of sp³-hybridized carbons (Fsp3) is 0.333. The molecule has 0 saturated heterocycles. The van der Waals surface area contributed by atoms with Gasteiger partial charge in [0.05, 0.1) is 10.5 Å². The van der Waals surface area contributed by atoms with Crippen LogP contribution in [0.5, 0.6) is 0 Å². The number of hydrogen-bond acceptors (Lipinski definition) is 6. The number of nitrogen functional groups attached to an aromatic ring is 1. The van der Waals surface area contributed by atoms with Crippen LogP contribution in [-0.2, 0) is 6.42 Å². The minimum atomic E-state index is 0.312. The van der Waals surface area contributed by atoms with Gasteiger partial charge in [-0.1, -0.05) is 0 Å². The van der Waals surface area contributed by atoms with Crippen LogP contribution < -0.4 is 16.6 Å².